The van der Waals surface area contributed by atoms with Gasteiger partial charge in [-0.1, -0.05) is 30.4 Å². The van der Waals surface area contributed by atoms with Crippen LogP contribution in [0.2, 0.25) is 0 Å². The summed E-state index contributed by atoms with van der Waals surface area (Å²) in [6.45, 7) is 0. The Morgan fingerprint density at radius 2 is 1.89 bits per heavy atom. The topological polar surface area (TPSA) is 133 Å². The van der Waals surface area contributed by atoms with E-state index in [0.29, 0.717) is 11.2 Å². The molecule has 2 aliphatic rings. The largest absolute Gasteiger partial charge is 0.492 e. The Hall–Kier alpha value is -3.17. The summed E-state index contributed by atoms with van der Waals surface area (Å²) in [7, 11) is -8.00. The lowest BCUT2D eigenvalue weighted by Crippen LogP contribution is -2.45. The molecule has 2 aromatic heterocycles. The van der Waals surface area contributed by atoms with Gasteiger partial charge < -0.3 is 9.82 Å². The fourth-order valence-corrected chi connectivity index (χ4v) is 7.39. The number of allylic oxidation sites excluding steroid dienone is 4. The Labute approximate surface area is 210 Å². The van der Waals surface area contributed by atoms with Gasteiger partial charge in [0.15, 0.2) is 0 Å². The van der Waals surface area contributed by atoms with Gasteiger partial charge in [0.25, 0.3) is 10.0 Å². The molecule has 9 nitrogen and oxygen atoms in total. The molecule has 5 rings (SSSR count). The van der Waals surface area contributed by atoms with Crippen molar-refractivity contribution in [1.29, 1.82) is 0 Å². The van der Waals surface area contributed by atoms with Gasteiger partial charge in [0.05, 0.1) is 16.7 Å². The van der Waals surface area contributed by atoms with Crippen molar-refractivity contribution in [2.75, 3.05) is 11.5 Å². The number of rotatable bonds is 6. The molecule has 14 heteroatoms. The normalized spacial score (nSPS) is 20.1. The van der Waals surface area contributed by atoms with E-state index in [1.54, 1.807) is 12.3 Å². The van der Waals surface area contributed by atoms with Crippen molar-refractivity contribution in [3.05, 3.63) is 66.5 Å². The van der Waals surface area contributed by atoms with Crippen molar-refractivity contribution < 1.29 is 40.3 Å². The summed E-state index contributed by atoms with van der Waals surface area (Å²) in [4.78, 5) is 22.9. The van der Waals surface area contributed by atoms with E-state index in [1.165, 1.54) is 24.3 Å². The molecule has 0 saturated carbocycles. The fourth-order valence-electron chi connectivity index (χ4n) is 4.14. The number of aromatic nitrogens is 2. The predicted molar refractivity (Wildman–Crippen MR) is 131 cm³/mol. The van der Waals surface area contributed by atoms with E-state index in [1.807, 2.05) is 24.3 Å². The summed E-state index contributed by atoms with van der Waals surface area (Å²) >= 11 is 0. The molecule has 1 saturated heterocycles. The van der Waals surface area contributed by atoms with Crippen LogP contribution >= 0.6 is 10.6 Å². The van der Waals surface area contributed by atoms with Gasteiger partial charge >= 0.3 is 12.1 Å². The summed E-state index contributed by atoms with van der Waals surface area (Å²) < 4.78 is 84.9. The van der Waals surface area contributed by atoms with Crippen LogP contribution in [0.25, 0.3) is 27.7 Å². The summed E-state index contributed by atoms with van der Waals surface area (Å²) in [5, 5.41) is 0.784. The number of hydroxylamine groups is 1. The van der Waals surface area contributed by atoms with Gasteiger partial charge in [-0.15, -0.1) is 0 Å². The van der Waals surface area contributed by atoms with Crippen molar-refractivity contribution >= 4 is 43.2 Å². The third-order valence-corrected chi connectivity index (χ3v) is 9.56. The van der Waals surface area contributed by atoms with Crippen LogP contribution in [0.4, 0.5) is 13.2 Å². The number of halogens is 3. The molecular formula is C23H20F3N3O6S2. The van der Waals surface area contributed by atoms with Crippen LogP contribution in [0.3, 0.4) is 0 Å². The molecule has 1 aliphatic heterocycles. The second kappa shape index (κ2) is 8.99. The molecule has 1 unspecified atom stereocenters. The quantitative estimate of drug-likeness (QED) is 0.375. The van der Waals surface area contributed by atoms with Crippen LogP contribution in [0.15, 0.2) is 65.7 Å². The second-order valence-corrected chi connectivity index (χ2v) is 12.7. The summed E-state index contributed by atoms with van der Waals surface area (Å²) in [6, 6.07) is 7.61. The van der Waals surface area contributed by atoms with E-state index in [-0.39, 0.29) is 16.6 Å². The minimum Gasteiger partial charge on any atom is -0.345 e. The molecule has 3 N–H and O–H groups in total. The van der Waals surface area contributed by atoms with Crippen LogP contribution in [0.5, 0.6) is 0 Å². The van der Waals surface area contributed by atoms with E-state index < -0.39 is 49.4 Å². The first-order valence-electron chi connectivity index (χ1n) is 10.9. The van der Waals surface area contributed by atoms with Gasteiger partial charge in [0.2, 0.25) is 0 Å². The highest BCUT2D eigenvalue weighted by Gasteiger charge is 2.48. The van der Waals surface area contributed by atoms with Crippen molar-refractivity contribution in [1.82, 2.24) is 14.4 Å². The number of nitrogens with zero attached hydrogens (tertiary/aromatic N) is 2. The first kappa shape index (κ1) is 25.5. The third-order valence-electron chi connectivity index (χ3n) is 6.03. The number of hydrogen-bond acceptors (Lipinski definition) is 7. The average Bonchev–Trinajstić information content (AvgIpc) is 3.37. The number of sulfonamides is 1. The van der Waals surface area contributed by atoms with Crippen LogP contribution in [0.1, 0.15) is 12.1 Å². The Balaban J connectivity index is 1.47. The zero-order chi connectivity index (χ0) is 26.6. The molecule has 1 fully saturated rings. The van der Waals surface area contributed by atoms with E-state index >= 15 is 0 Å². The predicted octanol–water partition coefficient (Wildman–Crippen LogP) is 4.72. The SMILES string of the molecule is O=C(ON(C1CCS(O)(O)C1)S(=O)(=O)c1ccc(-c2ccnc3[nH]c(C4=CC=C4)cc23)cc1)C(F)(F)F. The lowest BCUT2D eigenvalue weighted by molar-refractivity contribution is -0.226. The standard InChI is InChI=1S/C23H20F3N3O6S2/c24-23(25,26)22(30)35-29(16-9-11-36(31,32)13-16)37(33,34)17-6-4-14(5-7-17)18-8-10-27-21-19(18)12-20(28-21)15-2-1-3-15/h1-8,10,12,16,31-32H,9,11,13H2,(H,27,28). The van der Waals surface area contributed by atoms with Crippen molar-refractivity contribution in [3.8, 4) is 11.1 Å². The molecule has 196 valence electrons. The number of carbonyl (C=O) groups excluding carboxylic acids is 1. The number of fused-ring (bicyclic) bond motifs is 1. The van der Waals surface area contributed by atoms with E-state index in [9.17, 15) is 35.5 Å². The maximum absolute atomic E-state index is 13.3. The highest BCUT2D eigenvalue weighted by molar-refractivity contribution is 8.24. The highest BCUT2D eigenvalue weighted by Crippen LogP contribution is 2.48. The Morgan fingerprint density at radius 3 is 2.46 bits per heavy atom. The molecule has 3 heterocycles. The molecule has 3 aromatic rings. The monoisotopic (exact) mass is 555 g/mol. The van der Waals surface area contributed by atoms with Crippen molar-refractivity contribution in [2.24, 2.45) is 0 Å². The van der Waals surface area contributed by atoms with Gasteiger partial charge in [-0.05, 0) is 51.9 Å². The molecule has 37 heavy (non-hydrogen) atoms. The first-order valence-corrected chi connectivity index (χ1v) is 14.2. The number of aromatic amines is 1. The maximum atomic E-state index is 13.3. The smallest absolute Gasteiger partial charge is 0.345 e. The van der Waals surface area contributed by atoms with E-state index in [0.717, 1.165) is 22.2 Å². The van der Waals surface area contributed by atoms with Crippen LogP contribution in [0, 0.1) is 0 Å². The highest BCUT2D eigenvalue weighted by atomic mass is 32.3. The Bertz CT molecular complexity index is 1550. The molecule has 1 aliphatic carbocycles. The van der Waals surface area contributed by atoms with Gasteiger partial charge in [-0.3, -0.25) is 9.11 Å². The van der Waals surface area contributed by atoms with Crippen molar-refractivity contribution in [3.63, 3.8) is 0 Å². The average molecular weight is 556 g/mol. The number of nitrogens with one attached hydrogen (secondary N) is 1. The molecular weight excluding hydrogens is 535 g/mol. The van der Waals surface area contributed by atoms with Crippen LogP contribution < -0.4 is 0 Å². The molecule has 1 atom stereocenters. The number of carbonyl (C=O) groups is 1. The zero-order valence-electron chi connectivity index (χ0n) is 18.8. The van der Waals surface area contributed by atoms with Crippen LogP contribution in [-0.4, -0.2) is 61.7 Å². The van der Waals surface area contributed by atoms with Gasteiger partial charge in [0, 0.05) is 23.0 Å². The Morgan fingerprint density at radius 1 is 1.19 bits per heavy atom. The Kier molecular flexibility index (Phi) is 6.19. The molecule has 0 spiro atoms. The minimum atomic E-state index is -5.45. The number of pyridine rings is 1. The molecule has 0 bridgehead atoms. The van der Waals surface area contributed by atoms with Gasteiger partial charge in [0.1, 0.15) is 5.65 Å². The zero-order valence-corrected chi connectivity index (χ0v) is 20.5. The third kappa shape index (κ3) is 4.90. The number of hydrogen-bond donors (Lipinski definition) is 3. The van der Waals surface area contributed by atoms with Crippen LogP contribution in [-0.2, 0) is 19.7 Å². The van der Waals surface area contributed by atoms with E-state index in [2.05, 4.69) is 14.8 Å². The maximum Gasteiger partial charge on any atom is 0.492 e. The number of alkyl halides is 3. The molecule has 0 amide bonds. The summed E-state index contributed by atoms with van der Waals surface area (Å²) in [5.41, 5.74) is 3.84. The minimum absolute atomic E-state index is 0.0536. The van der Waals surface area contributed by atoms with E-state index in [4.69, 9.17) is 0 Å². The fraction of sp³-hybridized carbons (Fsp3) is 0.217. The van der Waals surface area contributed by atoms with Gasteiger partial charge in [-0.25, -0.2) is 18.2 Å². The second-order valence-electron chi connectivity index (χ2n) is 8.56. The number of benzene rings is 1. The summed E-state index contributed by atoms with van der Waals surface area (Å²) in [6.07, 6.45) is 1.71. The summed E-state index contributed by atoms with van der Waals surface area (Å²) in [5.74, 6) is -3.50. The van der Waals surface area contributed by atoms with Crippen molar-refractivity contribution in [2.45, 2.75) is 23.5 Å². The lowest BCUT2D eigenvalue weighted by Gasteiger charge is -2.29. The lowest BCUT2D eigenvalue weighted by atomic mass is 10.0. The first-order chi connectivity index (χ1) is 17.3. The number of H-pyrrole nitrogens is 1. The molecule has 0 radical (unpaired) electrons. The molecule has 1 aromatic carbocycles. The van der Waals surface area contributed by atoms with Gasteiger partial charge in [-0.2, -0.15) is 23.8 Å².